The van der Waals surface area contributed by atoms with Crippen LogP contribution >= 0.6 is 0 Å². The van der Waals surface area contributed by atoms with Gasteiger partial charge in [0.1, 0.15) is 17.9 Å². The summed E-state index contributed by atoms with van der Waals surface area (Å²) in [6, 6.07) is 3.89. The lowest BCUT2D eigenvalue weighted by Crippen LogP contribution is -2.52. The van der Waals surface area contributed by atoms with Crippen molar-refractivity contribution in [2.75, 3.05) is 7.11 Å². The molecular formula is C18H23FN2O4. The van der Waals surface area contributed by atoms with Crippen LogP contribution in [0.25, 0.3) is 0 Å². The Balaban J connectivity index is 2.92. The molecule has 0 fully saturated rings. The molecule has 0 aliphatic heterocycles. The molecule has 1 aromatic rings. The molecule has 0 unspecified atom stereocenters. The monoisotopic (exact) mass is 350 g/mol. The SMILES string of the molecule is C=C(C)C[C@@H](NC(=O)[C@H](Cc1cccc(F)c1)NC(C)=O)C(=O)OC. The van der Waals surface area contributed by atoms with E-state index >= 15 is 0 Å². The lowest BCUT2D eigenvalue weighted by atomic mass is 10.0. The fourth-order valence-electron chi connectivity index (χ4n) is 2.31. The quantitative estimate of drug-likeness (QED) is 0.550. The second kappa shape index (κ2) is 9.56. The van der Waals surface area contributed by atoms with Crippen molar-refractivity contribution in [2.24, 2.45) is 0 Å². The van der Waals surface area contributed by atoms with E-state index in [1.54, 1.807) is 13.0 Å². The molecule has 0 heterocycles. The number of amides is 2. The molecule has 136 valence electrons. The van der Waals surface area contributed by atoms with Crippen molar-refractivity contribution in [2.45, 2.75) is 38.8 Å². The minimum atomic E-state index is -0.948. The minimum Gasteiger partial charge on any atom is -0.467 e. The molecular weight excluding hydrogens is 327 g/mol. The highest BCUT2D eigenvalue weighted by Crippen LogP contribution is 2.09. The third-order valence-corrected chi connectivity index (χ3v) is 3.38. The molecule has 1 aromatic carbocycles. The number of hydrogen-bond donors (Lipinski definition) is 2. The standard InChI is InChI=1S/C18H23FN2O4/c1-11(2)8-16(18(24)25-4)21-17(23)15(20-12(3)22)10-13-6-5-7-14(19)9-13/h5-7,9,15-16H,1,8,10H2,2-4H3,(H,20,22)(H,21,23)/t15-,16+/m0/s1. The molecule has 0 aromatic heterocycles. The molecule has 0 radical (unpaired) electrons. The summed E-state index contributed by atoms with van der Waals surface area (Å²) in [7, 11) is 1.22. The van der Waals surface area contributed by atoms with Crippen LogP contribution in [0.1, 0.15) is 25.8 Å². The van der Waals surface area contributed by atoms with Gasteiger partial charge in [0.05, 0.1) is 7.11 Å². The van der Waals surface area contributed by atoms with E-state index in [0.717, 1.165) is 0 Å². The van der Waals surface area contributed by atoms with E-state index in [4.69, 9.17) is 0 Å². The molecule has 2 amide bonds. The molecule has 2 atom stereocenters. The number of esters is 1. The van der Waals surface area contributed by atoms with Crippen molar-refractivity contribution >= 4 is 17.8 Å². The summed E-state index contributed by atoms with van der Waals surface area (Å²) in [6.45, 7) is 6.72. The number of carbonyl (C=O) groups excluding carboxylic acids is 3. The third-order valence-electron chi connectivity index (χ3n) is 3.38. The summed E-state index contributed by atoms with van der Waals surface area (Å²) in [5, 5.41) is 5.07. The number of nitrogens with one attached hydrogen (secondary N) is 2. The van der Waals surface area contributed by atoms with Crippen molar-refractivity contribution in [1.82, 2.24) is 10.6 Å². The van der Waals surface area contributed by atoms with Gasteiger partial charge in [-0.3, -0.25) is 9.59 Å². The van der Waals surface area contributed by atoms with E-state index < -0.39 is 35.7 Å². The first-order chi connectivity index (χ1) is 11.7. The number of methoxy groups -OCH3 is 1. The topological polar surface area (TPSA) is 84.5 Å². The Hall–Kier alpha value is -2.70. The van der Waals surface area contributed by atoms with Gasteiger partial charge in [0.2, 0.25) is 11.8 Å². The maximum atomic E-state index is 13.3. The predicted molar refractivity (Wildman–Crippen MR) is 91.1 cm³/mol. The maximum Gasteiger partial charge on any atom is 0.328 e. The van der Waals surface area contributed by atoms with Gasteiger partial charge in [-0.25, -0.2) is 9.18 Å². The molecule has 0 aliphatic rings. The lowest BCUT2D eigenvalue weighted by Gasteiger charge is -2.22. The van der Waals surface area contributed by atoms with Crippen LogP contribution in [0.5, 0.6) is 0 Å². The predicted octanol–water partition coefficient (Wildman–Crippen LogP) is 1.50. The Morgan fingerprint density at radius 2 is 1.88 bits per heavy atom. The van der Waals surface area contributed by atoms with E-state index in [9.17, 15) is 18.8 Å². The van der Waals surface area contributed by atoms with Crippen LogP contribution in [-0.4, -0.2) is 37.0 Å². The first kappa shape index (κ1) is 20.3. The van der Waals surface area contributed by atoms with Crippen molar-refractivity contribution in [3.8, 4) is 0 Å². The average Bonchev–Trinajstić information content (AvgIpc) is 2.52. The van der Waals surface area contributed by atoms with Gasteiger partial charge in [0.25, 0.3) is 0 Å². The Kier molecular flexibility index (Phi) is 7.78. The van der Waals surface area contributed by atoms with Crippen LogP contribution in [0, 0.1) is 5.82 Å². The fraction of sp³-hybridized carbons (Fsp3) is 0.389. The normalized spacial score (nSPS) is 12.6. The number of hydrogen-bond acceptors (Lipinski definition) is 4. The van der Waals surface area contributed by atoms with E-state index in [2.05, 4.69) is 21.9 Å². The Morgan fingerprint density at radius 3 is 2.40 bits per heavy atom. The van der Waals surface area contributed by atoms with Crippen LogP contribution in [0.15, 0.2) is 36.4 Å². The van der Waals surface area contributed by atoms with Gasteiger partial charge in [-0.1, -0.05) is 17.7 Å². The number of rotatable bonds is 8. The molecule has 0 aliphatic carbocycles. The largest absolute Gasteiger partial charge is 0.467 e. The van der Waals surface area contributed by atoms with E-state index in [1.165, 1.54) is 32.2 Å². The van der Waals surface area contributed by atoms with Crippen molar-refractivity contribution in [3.05, 3.63) is 47.8 Å². The van der Waals surface area contributed by atoms with E-state index in [1.807, 2.05) is 0 Å². The van der Waals surface area contributed by atoms with Crippen LogP contribution in [-0.2, 0) is 25.5 Å². The summed E-state index contributed by atoms with van der Waals surface area (Å²) in [5.74, 6) is -2.01. The molecule has 0 spiro atoms. The van der Waals surface area contributed by atoms with Gasteiger partial charge in [-0.15, -0.1) is 6.58 Å². The highest BCUT2D eigenvalue weighted by Gasteiger charge is 2.27. The van der Waals surface area contributed by atoms with E-state index in [0.29, 0.717) is 11.1 Å². The fourth-order valence-corrected chi connectivity index (χ4v) is 2.31. The molecule has 2 N–H and O–H groups in total. The summed E-state index contributed by atoms with van der Waals surface area (Å²) in [5.41, 5.74) is 1.24. The summed E-state index contributed by atoms with van der Waals surface area (Å²) < 4.78 is 18.0. The van der Waals surface area contributed by atoms with Gasteiger partial charge >= 0.3 is 5.97 Å². The molecule has 0 saturated heterocycles. The van der Waals surface area contributed by atoms with Crippen molar-refractivity contribution < 1.29 is 23.5 Å². The van der Waals surface area contributed by atoms with Crippen molar-refractivity contribution in [3.63, 3.8) is 0 Å². The molecule has 0 saturated carbocycles. The van der Waals surface area contributed by atoms with Gasteiger partial charge < -0.3 is 15.4 Å². The minimum absolute atomic E-state index is 0.0874. The number of halogens is 1. The first-order valence-corrected chi connectivity index (χ1v) is 7.77. The van der Waals surface area contributed by atoms with Crippen LogP contribution in [0.3, 0.4) is 0 Å². The smallest absolute Gasteiger partial charge is 0.328 e. The second-order valence-electron chi connectivity index (χ2n) is 5.83. The maximum absolute atomic E-state index is 13.3. The Labute approximate surface area is 146 Å². The van der Waals surface area contributed by atoms with Gasteiger partial charge in [0.15, 0.2) is 0 Å². The molecule has 6 nitrogen and oxygen atoms in total. The highest BCUT2D eigenvalue weighted by molar-refractivity contribution is 5.90. The zero-order valence-electron chi connectivity index (χ0n) is 14.6. The zero-order valence-corrected chi connectivity index (χ0v) is 14.6. The van der Waals surface area contributed by atoms with Gasteiger partial charge in [-0.05, 0) is 31.0 Å². The summed E-state index contributed by atoms with van der Waals surface area (Å²) >= 11 is 0. The van der Waals surface area contributed by atoms with Crippen LogP contribution < -0.4 is 10.6 Å². The Morgan fingerprint density at radius 1 is 1.20 bits per heavy atom. The first-order valence-electron chi connectivity index (χ1n) is 7.77. The van der Waals surface area contributed by atoms with Gasteiger partial charge in [-0.2, -0.15) is 0 Å². The summed E-state index contributed by atoms with van der Waals surface area (Å²) in [4.78, 5) is 35.7. The van der Waals surface area contributed by atoms with Gasteiger partial charge in [0, 0.05) is 13.3 Å². The zero-order chi connectivity index (χ0) is 19.0. The molecule has 0 bridgehead atoms. The lowest BCUT2D eigenvalue weighted by molar-refractivity contribution is -0.145. The molecule has 7 heteroatoms. The van der Waals surface area contributed by atoms with E-state index in [-0.39, 0.29) is 12.8 Å². The average molecular weight is 350 g/mol. The Bertz CT molecular complexity index is 660. The van der Waals surface area contributed by atoms with Crippen LogP contribution in [0.2, 0.25) is 0 Å². The molecule has 25 heavy (non-hydrogen) atoms. The number of benzene rings is 1. The van der Waals surface area contributed by atoms with Crippen LogP contribution in [0.4, 0.5) is 4.39 Å². The number of ether oxygens (including phenoxy) is 1. The van der Waals surface area contributed by atoms with Crippen molar-refractivity contribution in [1.29, 1.82) is 0 Å². The highest BCUT2D eigenvalue weighted by atomic mass is 19.1. The third kappa shape index (κ3) is 7.15. The summed E-state index contributed by atoms with van der Waals surface area (Å²) in [6.07, 6.45) is 0.301. The molecule has 1 rings (SSSR count). The second-order valence-corrected chi connectivity index (χ2v) is 5.83. The number of carbonyl (C=O) groups is 3.